The van der Waals surface area contributed by atoms with Crippen LogP contribution in [0.15, 0.2) is 48.5 Å². The van der Waals surface area contributed by atoms with Crippen LogP contribution in [0.4, 0.5) is 0 Å². The average Bonchev–Trinajstić information content (AvgIpc) is 2.63. The van der Waals surface area contributed by atoms with E-state index >= 15 is 0 Å². The van der Waals surface area contributed by atoms with Crippen LogP contribution >= 0.6 is 23.2 Å². The SMILES string of the molecule is CC(C)[C@H](NC(=O)c1ccc(Cl)cc1Cl)C(=O)OCCOc1ccccc1. The molecular formula is C20H21Cl2NO4. The van der Waals surface area contributed by atoms with Gasteiger partial charge < -0.3 is 14.8 Å². The van der Waals surface area contributed by atoms with Gasteiger partial charge in [0.2, 0.25) is 0 Å². The number of hydrogen-bond acceptors (Lipinski definition) is 4. The lowest BCUT2D eigenvalue weighted by atomic mass is 10.0. The maximum absolute atomic E-state index is 12.4. The largest absolute Gasteiger partial charge is 0.490 e. The van der Waals surface area contributed by atoms with Crippen molar-refractivity contribution in [1.82, 2.24) is 5.32 Å². The predicted molar refractivity (Wildman–Crippen MR) is 105 cm³/mol. The molecule has 0 aliphatic carbocycles. The smallest absolute Gasteiger partial charge is 0.329 e. The highest BCUT2D eigenvalue weighted by Crippen LogP contribution is 2.21. The number of halogens is 2. The number of amides is 1. The summed E-state index contributed by atoms with van der Waals surface area (Å²) in [6, 6.07) is 13.0. The van der Waals surface area contributed by atoms with Gasteiger partial charge in [-0.2, -0.15) is 0 Å². The summed E-state index contributed by atoms with van der Waals surface area (Å²) in [5.41, 5.74) is 0.243. The lowest BCUT2D eigenvalue weighted by Gasteiger charge is -2.21. The summed E-state index contributed by atoms with van der Waals surface area (Å²) in [6.07, 6.45) is 0. The molecule has 1 atom stereocenters. The monoisotopic (exact) mass is 409 g/mol. The average molecular weight is 410 g/mol. The van der Waals surface area contributed by atoms with E-state index in [1.54, 1.807) is 6.07 Å². The van der Waals surface area contributed by atoms with Gasteiger partial charge in [0.05, 0.1) is 10.6 Å². The maximum atomic E-state index is 12.4. The molecule has 2 aromatic carbocycles. The zero-order valence-electron chi connectivity index (χ0n) is 15.1. The molecule has 0 bridgehead atoms. The first-order valence-corrected chi connectivity index (χ1v) is 9.24. The Morgan fingerprint density at radius 3 is 2.37 bits per heavy atom. The van der Waals surface area contributed by atoms with Crippen molar-refractivity contribution in [2.75, 3.05) is 13.2 Å². The Kier molecular flexibility index (Phi) is 7.95. The van der Waals surface area contributed by atoms with Crippen molar-refractivity contribution in [3.8, 4) is 5.75 Å². The van der Waals surface area contributed by atoms with Crippen molar-refractivity contribution in [2.45, 2.75) is 19.9 Å². The molecule has 2 aromatic rings. The Balaban J connectivity index is 1.89. The first-order valence-electron chi connectivity index (χ1n) is 8.49. The zero-order chi connectivity index (χ0) is 19.8. The third kappa shape index (κ3) is 6.45. The highest BCUT2D eigenvalue weighted by molar-refractivity contribution is 6.36. The van der Waals surface area contributed by atoms with Crippen LogP contribution in [0.1, 0.15) is 24.2 Å². The first kappa shape index (κ1) is 21.1. The van der Waals surface area contributed by atoms with Crippen molar-refractivity contribution in [2.24, 2.45) is 5.92 Å². The molecule has 5 nitrogen and oxygen atoms in total. The number of ether oxygens (including phenoxy) is 2. The van der Waals surface area contributed by atoms with Crippen LogP contribution < -0.4 is 10.1 Å². The van der Waals surface area contributed by atoms with Gasteiger partial charge in [0.25, 0.3) is 5.91 Å². The number of esters is 1. The standard InChI is InChI=1S/C20H21Cl2NO4/c1-13(2)18(23-19(24)16-9-8-14(21)12-17(16)22)20(25)27-11-10-26-15-6-4-3-5-7-15/h3-9,12-13,18H,10-11H2,1-2H3,(H,23,24)/t18-/m0/s1. The lowest BCUT2D eigenvalue weighted by molar-refractivity contribution is -0.147. The van der Waals surface area contributed by atoms with Crippen LogP contribution in [-0.4, -0.2) is 31.1 Å². The minimum absolute atomic E-state index is 0.0779. The van der Waals surface area contributed by atoms with Gasteiger partial charge in [0.15, 0.2) is 0 Å². The molecule has 0 saturated heterocycles. The third-order valence-electron chi connectivity index (χ3n) is 3.72. The van der Waals surface area contributed by atoms with Gasteiger partial charge in [-0.3, -0.25) is 4.79 Å². The summed E-state index contributed by atoms with van der Waals surface area (Å²) >= 11 is 11.9. The van der Waals surface area contributed by atoms with Crippen molar-refractivity contribution in [1.29, 1.82) is 0 Å². The van der Waals surface area contributed by atoms with Crippen LogP contribution in [0.3, 0.4) is 0 Å². The Morgan fingerprint density at radius 2 is 1.74 bits per heavy atom. The van der Waals surface area contributed by atoms with Crippen LogP contribution in [0, 0.1) is 5.92 Å². The fraction of sp³-hybridized carbons (Fsp3) is 0.300. The highest BCUT2D eigenvalue weighted by atomic mass is 35.5. The van der Waals surface area contributed by atoms with Crippen molar-refractivity contribution < 1.29 is 19.1 Å². The van der Waals surface area contributed by atoms with Gasteiger partial charge in [-0.05, 0) is 36.2 Å². The lowest BCUT2D eigenvalue weighted by Crippen LogP contribution is -2.45. The van der Waals surface area contributed by atoms with Gasteiger partial charge in [0.1, 0.15) is 25.0 Å². The number of carbonyl (C=O) groups excluding carboxylic acids is 2. The Bertz CT molecular complexity index is 781. The molecule has 0 fully saturated rings. The molecule has 0 heterocycles. The van der Waals surface area contributed by atoms with Crippen molar-refractivity contribution in [3.05, 3.63) is 64.1 Å². The summed E-state index contributed by atoms with van der Waals surface area (Å²) in [6.45, 7) is 3.93. The first-order chi connectivity index (χ1) is 12.9. The number of rotatable bonds is 8. The number of hydrogen-bond donors (Lipinski definition) is 1. The molecule has 0 saturated carbocycles. The van der Waals surface area contributed by atoms with Gasteiger partial charge in [-0.25, -0.2) is 4.79 Å². The van der Waals surface area contributed by atoms with Gasteiger partial charge in [0, 0.05) is 5.02 Å². The number of nitrogens with one attached hydrogen (secondary N) is 1. The highest BCUT2D eigenvalue weighted by Gasteiger charge is 2.26. The molecule has 0 aliphatic rings. The van der Waals surface area contributed by atoms with Gasteiger partial charge in [-0.15, -0.1) is 0 Å². The van der Waals surface area contributed by atoms with Gasteiger partial charge in [-0.1, -0.05) is 55.2 Å². The molecule has 0 aromatic heterocycles. The van der Waals surface area contributed by atoms with Crippen LogP contribution in [0.25, 0.3) is 0 Å². The summed E-state index contributed by atoms with van der Waals surface area (Å²) < 4.78 is 10.7. The summed E-state index contributed by atoms with van der Waals surface area (Å²) in [5.74, 6) is -0.463. The molecule has 0 aliphatic heterocycles. The molecule has 7 heteroatoms. The van der Waals surface area contributed by atoms with Gasteiger partial charge >= 0.3 is 5.97 Å². The molecule has 0 spiro atoms. The topological polar surface area (TPSA) is 64.6 Å². The molecule has 0 radical (unpaired) electrons. The van der Waals surface area contributed by atoms with E-state index in [1.165, 1.54) is 12.1 Å². The van der Waals surface area contributed by atoms with Crippen LogP contribution in [-0.2, 0) is 9.53 Å². The second-order valence-electron chi connectivity index (χ2n) is 6.15. The number of benzene rings is 2. The fourth-order valence-electron chi connectivity index (χ4n) is 2.30. The minimum Gasteiger partial charge on any atom is -0.490 e. The fourth-order valence-corrected chi connectivity index (χ4v) is 2.79. The molecule has 0 unspecified atom stereocenters. The van der Waals surface area contributed by atoms with E-state index in [2.05, 4.69) is 5.32 Å². The van der Waals surface area contributed by atoms with Crippen LogP contribution in [0.2, 0.25) is 10.0 Å². The molecule has 1 N–H and O–H groups in total. The zero-order valence-corrected chi connectivity index (χ0v) is 16.6. The third-order valence-corrected chi connectivity index (χ3v) is 4.27. The van der Waals surface area contributed by atoms with E-state index in [0.717, 1.165) is 0 Å². The van der Waals surface area contributed by atoms with E-state index in [1.807, 2.05) is 44.2 Å². The molecule has 27 heavy (non-hydrogen) atoms. The molecule has 2 rings (SSSR count). The predicted octanol–water partition coefficient (Wildman–Crippen LogP) is 4.37. The van der Waals surface area contributed by atoms with E-state index in [9.17, 15) is 9.59 Å². The normalized spacial score (nSPS) is 11.7. The second kappa shape index (κ2) is 10.2. The Morgan fingerprint density at radius 1 is 1.04 bits per heavy atom. The Labute approximate surface area is 168 Å². The Hall–Kier alpha value is -2.24. The summed E-state index contributed by atoms with van der Waals surface area (Å²) in [5, 5.41) is 3.31. The van der Waals surface area contributed by atoms with E-state index in [4.69, 9.17) is 32.7 Å². The van der Waals surface area contributed by atoms with E-state index in [0.29, 0.717) is 10.8 Å². The molecule has 144 valence electrons. The minimum atomic E-state index is -0.805. The van der Waals surface area contributed by atoms with Crippen LogP contribution in [0.5, 0.6) is 5.75 Å². The number of carbonyl (C=O) groups is 2. The van der Waals surface area contributed by atoms with E-state index < -0.39 is 17.9 Å². The summed E-state index contributed by atoms with van der Waals surface area (Å²) in [7, 11) is 0. The summed E-state index contributed by atoms with van der Waals surface area (Å²) in [4.78, 5) is 24.8. The number of para-hydroxylation sites is 1. The van der Waals surface area contributed by atoms with E-state index in [-0.39, 0.29) is 29.7 Å². The van der Waals surface area contributed by atoms with Crippen molar-refractivity contribution >= 4 is 35.1 Å². The quantitative estimate of drug-likeness (QED) is 0.519. The maximum Gasteiger partial charge on any atom is 0.329 e. The van der Waals surface area contributed by atoms with Crippen molar-refractivity contribution in [3.63, 3.8) is 0 Å². The molecular weight excluding hydrogens is 389 g/mol. The second-order valence-corrected chi connectivity index (χ2v) is 6.99. The molecule has 1 amide bonds.